The maximum Gasteiger partial charge on any atom is 0.283 e. The van der Waals surface area contributed by atoms with Crippen molar-refractivity contribution in [3.8, 4) is 0 Å². The summed E-state index contributed by atoms with van der Waals surface area (Å²) in [6.45, 7) is 2.11. The first kappa shape index (κ1) is 25.1. The number of benzene rings is 3. The minimum Gasteiger partial charge on any atom is -0.372 e. The number of carbonyl (C=O) groups excluding carboxylic acids is 3. The highest BCUT2D eigenvalue weighted by Crippen LogP contribution is 2.37. The summed E-state index contributed by atoms with van der Waals surface area (Å²) < 4.78 is 0. The van der Waals surface area contributed by atoms with Crippen LogP contribution in [0, 0.1) is 0 Å². The zero-order valence-electron chi connectivity index (χ0n) is 19.4. The Morgan fingerprint density at radius 1 is 0.784 bits per heavy atom. The molecule has 1 saturated heterocycles. The molecule has 3 aromatic carbocycles. The van der Waals surface area contributed by atoms with Crippen LogP contribution in [-0.4, -0.2) is 30.8 Å². The highest BCUT2D eigenvalue weighted by atomic mass is 35.5. The van der Waals surface area contributed by atoms with Crippen molar-refractivity contribution >= 4 is 75.3 Å². The second kappa shape index (κ2) is 10.5. The van der Waals surface area contributed by atoms with Gasteiger partial charge in [-0.2, -0.15) is 0 Å². The Bertz CT molecular complexity index is 1420. The Morgan fingerprint density at radius 2 is 1.43 bits per heavy atom. The molecule has 2 aliphatic heterocycles. The lowest BCUT2D eigenvalue weighted by molar-refractivity contribution is -0.120. The van der Waals surface area contributed by atoms with Crippen molar-refractivity contribution in [3.05, 3.63) is 93.1 Å². The van der Waals surface area contributed by atoms with E-state index in [0.717, 1.165) is 23.7 Å². The van der Waals surface area contributed by atoms with Crippen LogP contribution in [0.25, 0.3) is 0 Å². The molecule has 2 aliphatic rings. The highest BCUT2D eigenvalue weighted by molar-refractivity contribution is 6.54. The number of carbonyl (C=O) groups is 3. The smallest absolute Gasteiger partial charge is 0.283 e. The number of anilines is 4. The highest BCUT2D eigenvalue weighted by Gasteiger charge is 2.40. The molecule has 188 valence electrons. The fourth-order valence-corrected chi connectivity index (χ4v) is 4.87. The number of hydrogen-bond acceptors (Lipinski definition) is 5. The molecule has 10 heteroatoms. The molecule has 0 aromatic heterocycles. The second-order valence-electron chi connectivity index (χ2n) is 8.61. The van der Waals surface area contributed by atoms with Gasteiger partial charge < -0.3 is 15.5 Å². The quantitative estimate of drug-likeness (QED) is 0.350. The minimum absolute atomic E-state index is 0.0673. The van der Waals surface area contributed by atoms with Gasteiger partial charge in [0.15, 0.2) is 0 Å². The van der Waals surface area contributed by atoms with E-state index in [1.165, 1.54) is 18.9 Å². The van der Waals surface area contributed by atoms with E-state index in [9.17, 15) is 14.4 Å². The third-order valence-corrected chi connectivity index (χ3v) is 7.37. The fourth-order valence-electron chi connectivity index (χ4n) is 4.28. The first-order chi connectivity index (χ1) is 17.8. The summed E-state index contributed by atoms with van der Waals surface area (Å²) in [4.78, 5) is 41.6. The monoisotopic (exact) mass is 554 g/mol. The molecule has 0 bridgehead atoms. The van der Waals surface area contributed by atoms with E-state index in [-0.39, 0.29) is 32.4 Å². The van der Waals surface area contributed by atoms with Crippen LogP contribution in [0.3, 0.4) is 0 Å². The van der Waals surface area contributed by atoms with Gasteiger partial charge in [-0.1, -0.05) is 40.9 Å². The standard InChI is InChI=1S/C27H21Cl3N4O3/c28-20-4-3-5-21(22(20)29)34-26(36)23(30)24(27(34)37)31-17-8-6-16(7-9-17)25(35)32-18-10-12-19(13-11-18)33-14-1-2-15-33/h3-13,31H,1-2,14-15H2,(H,32,35). The molecule has 5 rings (SSSR count). The van der Waals surface area contributed by atoms with E-state index >= 15 is 0 Å². The van der Waals surface area contributed by atoms with Gasteiger partial charge in [-0.15, -0.1) is 0 Å². The van der Waals surface area contributed by atoms with Crippen LogP contribution in [0.5, 0.6) is 0 Å². The Kier molecular flexibility index (Phi) is 7.11. The zero-order chi connectivity index (χ0) is 26.1. The molecule has 7 nitrogen and oxygen atoms in total. The lowest BCUT2D eigenvalue weighted by Gasteiger charge is -2.18. The zero-order valence-corrected chi connectivity index (χ0v) is 21.7. The van der Waals surface area contributed by atoms with Gasteiger partial charge in [0.25, 0.3) is 17.7 Å². The Morgan fingerprint density at radius 3 is 2.11 bits per heavy atom. The fraction of sp³-hybridized carbons (Fsp3) is 0.148. The molecule has 0 saturated carbocycles. The van der Waals surface area contributed by atoms with E-state index in [0.29, 0.717) is 16.9 Å². The molecule has 1 fully saturated rings. The van der Waals surface area contributed by atoms with E-state index < -0.39 is 11.8 Å². The molecule has 0 spiro atoms. The van der Waals surface area contributed by atoms with Crippen molar-refractivity contribution in [2.45, 2.75) is 12.8 Å². The molecule has 2 N–H and O–H groups in total. The Hall–Kier alpha value is -3.52. The Balaban J connectivity index is 1.25. The Labute approximate surface area is 228 Å². The van der Waals surface area contributed by atoms with Crippen molar-refractivity contribution in [1.29, 1.82) is 0 Å². The second-order valence-corrected chi connectivity index (χ2v) is 9.77. The normalized spacial score (nSPS) is 15.5. The van der Waals surface area contributed by atoms with E-state index in [1.807, 2.05) is 24.3 Å². The maximum atomic E-state index is 13.0. The predicted molar refractivity (Wildman–Crippen MR) is 148 cm³/mol. The van der Waals surface area contributed by atoms with Gasteiger partial charge in [-0.05, 0) is 73.5 Å². The minimum atomic E-state index is -0.718. The van der Waals surface area contributed by atoms with Crippen molar-refractivity contribution in [3.63, 3.8) is 0 Å². The molecule has 37 heavy (non-hydrogen) atoms. The van der Waals surface area contributed by atoms with Crippen LogP contribution < -0.4 is 20.4 Å². The van der Waals surface area contributed by atoms with Crippen molar-refractivity contribution in [1.82, 2.24) is 0 Å². The van der Waals surface area contributed by atoms with Crippen LogP contribution in [0.1, 0.15) is 23.2 Å². The summed E-state index contributed by atoms with van der Waals surface area (Å²) in [5, 5.41) is 5.75. The van der Waals surface area contributed by atoms with Crippen LogP contribution in [0.15, 0.2) is 77.5 Å². The molecule has 3 aromatic rings. The van der Waals surface area contributed by atoms with Gasteiger partial charge in [0, 0.05) is 35.7 Å². The summed E-state index contributed by atoms with van der Waals surface area (Å²) in [7, 11) is 0. The van der Waals surface area contributed by atoms with Gasteiger partial charge >= 0.3 is 0 Å². The molecule has 2 heterocycles. The SMILES string of the molecule is O=C(Nc1ccc(N2CCCC2)cc1)c1ccc(NC2=C(Cl)C(=O)N(c3cccc(Cl)c3Cl)C2=O)cc1. The first-order valence-electron chi connectivity index (χ1n) is 11.6. The summed E-state index contributed by atoms with van der Waals surface area (Å²) >= 11 is 18.4. The first-order valence-corrected chi connectivity index (χ1v) is 12.7. The number of imide groups is 1. The largest absolute Gasteiger partial charge is 0.372 e. The molecule has 3 amide bonds. The van der Waals surface area contributed by atoms with Crippen molar-refractivity contribution < 1.29 is 14.4 Å². The van der Waals surface area contributed by atoms with Crippen LogP contribution in [0.2, 0.25) is 10.0 Å². The van der Waals surface area contributed by atoms with Crippen molar-refractivity contribution in [2.75, 3.05) is 33.5 Å². The van der Waals surface area contributed by atoms with Gasteiger partial charge in [0.2, 0.25) is 0 Å². The topological polar surface area (TPSA) is 81.8 Å². The van der Waals surface area contributed by atoms with Gasteiger partial charge in [-0.3, -0.25) is 14.4 Å². The lowest BCUT2D eigenvalue weighted by atomic mass is 10.1. The molecule has 0 atom stereocenters. The molecule has 0 radical (unpaired) electrons. The molecule has 0 aliphatic carbocycles. The van der Waals surface area contributed by atoms with E-state index in [4.69, 9.17) is 34.8 Å². The van der Waals surface area contributed by atoms with Crippen LogP contribution in [0.4, 0.5) is 22.7 Å². The molecular weight excluding hydrogens is 535 g/mol. The summed E-state index contributed by atoms with van der Waals surface area (Å²) in [5.74, 6) is -1.66. The predicted octanol–water partition coefficient (Wildman–Crippen LogP) is 6.28. The lowest BCUT2D eigenvalue weighted by Crippen LogP contribution is -2.32. The van der Waals surface area contributed by atoms with Gasteiger partial charge in [-0.25, -0.2) is 4.90 Å². The third kappa shape index (κ3) is 5.03. The van der Waals surface area contributed by atoms with Gasteiger partial charge in [0.05, 0.1) is 15.7 Å². The van der Waals surface area contributed by atoms with E-state index in [2.05, 4.69) is 15.5 Å². The van der Waals surface area contributed by atoms with Crippen LogP contribution >= 0.6 is 34.8 Å². The van der Waals surface area contributed by atoms with Crippen LogP contribution in [-0.2, 0) is 9.59 Å². The number of nitrogens with one attached hydrogen (secondary N) is 2. The summed E-state index contributed by atoms with van der Waals surface area (Å²) in [6.07, 6.45) is 2.40. The number of hydrogen-bond donors (Lipinski definition) is 2. The number of amides is 3. The molecular formula is C27H21Cl3N4O3. The third-order valence-electron chi connectivity index (χ3n) is 6.21. The summed E-state index contributed by atoms with van der Waals surface area (Å²) in [6, 6.07) is 18.9. The van der Waals surface area contributed by atoms with E-state index in [1.54, 1.807) is 36.4 Å². The number of nitrogens with zero attached hydrogens (tertiary/aromatic N) is 2. The van der Waals surface area contributed by atoms with Crippen molar-refractivity contribution in [2.24, 2.45) is 0 Å². The maximum absolute atomic E-state index is 13.0. The average molecular weight is 556 g/mol. The summed E-state index contributed by atoms with van der Waals surface area (Å²) in [5.41, 5.74) is 2.78. The average Bonchev–Trinajstić information content (AvgIpc) is 3.51. The molecule has 0 unspecified atom stereocenters. The number of rotatable bonds is 6. The van der Waals surface area contributed by atoms with Gasteiger partial charge in [0.1, 0.15) is 10.7 Å². The number of halogens is 3.